The van der Waals surface area contributed by atoms with Crippen LogP contribution in [0.4, 0.5) is 0 Å². The zero-order valence-electron chi connectivity index (χ0n) is 20.9. The second kappa shape index (κ2) is 9.90. The molecule has 1 atom stereocenters. The van der Waals surface area contributed by atoms with E-state index in [9.17, 15) is 14.7 Å². The lowest BCUT2D eigenvalue weighted by Gasteiger charge is -2.26. The number of nitrogens with zero attached hydrogens (tertiary/aromatic N) is 1. The van der Waals surface area contributed by atoms with Crippen molar-refractivity contribution in [3.8, 4) is 17.2 Å². The third-order valence-corrected chi connectivity index (χ3v) is 6.56. The van der Waals surface area contributed by atoms with E-state index in [4.69, 9.17) is 18.3 Å². The Morgan fingerprint density at radius 1 is 0.949 bits per heavy atom. The number of hydrogen-bond acceptors (Lipinski definition) is 7. The maximum absolute atomic E-state index is 13.9. The Hall–Kier alpha value is -5.24. The van der Waals surface area contributed by atoms with Crippen LogP contribution in [-0.4, -0.2) is 28.8 Å². The Balaban J connectivity index is 1.43. The summed E-state index contributed by atoms with van der Waals surface area (Å²) in [6.07, 6.45) is 1.50. The van der Waals surface area contributed by atoms with Gasteiger partial charge in [0.25, 0.3) is 5.91 Å². The lowest BCUT2D eigenvalue weighted by Crippen LogP contribution is -2.30. The summed E-state index contributed by atoms with van der Waals surface area (Å²) < 4.78 is 22.7. The standard InChI is InChI=1S/C31H23NO7/c1-36-24-14-6-9-20-17-25(39-30(20)24)28(33)26-27(32(31(35)29(26)34)18-23-13-7-15-37-23)19-8-5-12-22(16-19)38-21-10-3-2-4-11-21/h2-17,27,34H,18H2,1H3. The number of ketones is 1. The number of carbonyl (C=O) groups excluding carboxylic acids is 2. The number of furan rings is 2. The third-order valence-electron chi connectivity index (χ3n) is 6.56. The van der Waals surface area contributed by atoms with Crippen LogP contribution in [0.15, 0.2) is 117 Å². The van der Waals surface area contributed by atoms with E-state index in [-0.39, 0.29) is 17.9 Å². The number of methoxy groups -OCH3 is 1. The van der Waals surface area contributed by atoms with Crippen LogP contribution in [0.2, 0.25) is 0 Å². The van der Waals surface area contributed by atoms with Crippen molar-refractivity contribution in [2.75, 3.05) is 7.11 Å². The van der Waals surface area contributed by atoms with Crippen molar-refractivity contribution in [1.29, 1.82) is 0 Å². The van der Waals surface area contributed by atoms with Gasteiger partial charge in [-0.25, -0.2) is 0 Å². The molecule has 0 bridgehead atoms. The predicted molar refractivity (Wildman–Crippen MR) is 142 cm³/mol. The second-order valence-electron chi connectivity index (χ2n) is 8.98. The van der Waals surface area contributed by atoms with Gasteiger partial charge in [0.1, 0.15) is 17.3 Å². The fraction of sp³-hybridized carbons (Fsp3) is 0.0968. The summed E-state index contributed by atoms with van der Waals surface area (Å²) in [6, 6.07) is 25.7. The molecule has 2 aromatic heterocycles. The van der Waals surface area contributed by atoms with Crippen LogP contribution < -0.4 is 9.47 Å². The summed E-state index contributed by atoms with van der Waals surface area (Å²) >= 11 is 0. The van der Waals surface area contributed by atoms with Crippen molar-refractivity contribution >= 4 is 22.7 Å². The lowest BCUT2D eigenvalue weighted by atomic mass is 9.94. The Morgan fingerprint density at radius 2 is 1.74 bits per heavy atom. The normalized spacial score (nSPS) is 15.3. The van der Waals surface area contributed by atoms with E-state index in [1.807, 2.05) is 30.3 Å². The van der Waals surface area contributed by atoms with E-state index in [1.54, 1.807) is 60.7 Å². The minimum atomic E-state index is -0.926. The van der Waals surface area contributed by atoms with Gasteiger partial charge in [0.2, 0.25) is 5.78 Å². The first-order valence-electron chi connectivity index (χ1n) is 12.2. The molecular weight excluding hydrogens is 498 g/mol. The lowest BCUT2D eigenvalue weighted by molar-refractivity contribution is -0.130. The zero-order chi connectivity index (χ0) is 26.9. The van der Waals surface area contributed by atoms with Crippen LogP contribution in [0, 0.1) is 0 Å². The predicted octanol–water partition coefficient (Wildman–Crippen LogP) is 6.61. The minimum absolute atomic E-state index is 0.0228. The summed E-state index contributed by atoms with van der Waals surface area (Å²) in [7, 11) is 1.51. The smallest absolute Gasteiger partial charge is 0.290 e. The molecule has 1 aliphatic heterocycles. The van der Waals surface area contributed by atoms with E-state index in [0.29, 0.717) is 39.5 Å². The van der Waals surface area contributed by atoms with E-state index in [0.717, 1.165) is 0 Å². The van der Waals surface area contributed by atoms with E-state index >= 15 is 0 Å². The fourth-order valence-corrected chi connectivity index (χ4v) is 4.78. The number of benzene rings is 3. The molecule has 1 N–H and O–H groups in total. The Kier molecular flexibility index (Phi) is 6.13. The first-order valence-corrected chi connectivity index (χ1v) is 12.2. The summed E-state index contributed by atoms with van der Waals surface area (Å²) in [6.45, 7) is 0.0368. The van der Waals surface area contributed by atoms with Crippen molar-refractivity contribution in [2.24, 2.45) is 0 Å². The number of aliphatic hydroxyl groups is 1. The number of hydrogen-bond donors (Lipinski definition) is 1. The SMILES string of the molecule is COc1cccc2cc(C(=O)C3=C(O)C(=O)N(Cc4ccco4)C3c3cccc(Oc4ccccc4)c3)oc12. The topological polar surface area (TPSA) is 102 Å². The van der Waals surface area contributed by atoms with Crippen molar-refractivity contribution in [2.45, 2.75) is 12.6 Å². The number of carbonyl (C=O) groups is 2. The van der Waals surface area contributed by atoms with Gasteiger partial charge < -0.3 is 28.3 Å². The Bertz CT molecular complexity index is 1700. The van der Waals surface area contributed by atoms with E-state index in [1.165, 1.54) is 18.3 Å². The second-order valence-corrected chi connectivity index (χ2v) is 8.98. The fourth-order valence-electron chi connectivity index (χ4n) is 4.78. The van der Waals surface area contributed by atoms with Crippen LogP contribution in [-0.2, 0) is 11.3 Å². The molecule has 3 aromatic carbocycles. The van der Waals surface area contributed by atoms with Gasteiger partial charge >= 0.3 is 0 Å². The van der Waals surface area contributed by atoms with E-state index in [2.05, 4.69) is 0 Å². The number of ether oxygens (including phenoxy) is 2. The monoisotopic (exact) mass is 521 g/mol. The van der Waals surface area contributed by atoms with Crippen LogP contribution in [0.5, 0.6) is 17.2 Å². The molecule has 0 aliphatic carbocycles. The van der Waals surface area contributed by atoms with Crippen LogP contribution in [0.1, 0.15) is 27.9 Å². The van der Waals surface area contributed by atoms with Gasteiger partial charge in [0.15, 0.2) is 22.9 Å². The first kappa shape index (κ1) is 24.1. The summed E-state index contributed by atoms with van der Waals surface area (Å²) in [4.78, 5) is 28.6. The molecular formula is C31H23NO7. The molecule has 3 heterocycles. The number of aliphatic hydroxyl groups excluding tert-OH is 1. The van der Waals surface area contributed by atoms with Gasteiger partial charge in [-0.3, -0.25) is 9.59 Å². The van der Waals surface area contributed by atoms with Crippen LogP contribution in [0.25, 0.3) is 11.0 Å². The Morgan fingerprint density at radius 3 is 2.51 bits per heavy atom. The summed E-state index contributed by atoms with van der Waals surface area (Å²) in [5, 5.41) is 11.7. The third kappa shape index (κ3) is 4.42. The number of amides is 1. The molecule has 194 valence electrons. The quantitative estimate of drug-likeness (QED) is 0.229. The Labute approximate surface area is 223 Å². The summed E-state index contributed by atoms with van der Waals surface area (Å²) in [5.74, 6) is 0.146. The molecule has 0 saturated carbocycles. The minimum Gasteiger partial charge on any atom is -0.503 e. The molecule has 1 unspecified atom stereocenters. The number of Topliss-reactive ketones (excluding diaryl/α,β-unsaturated/α-hetero) is 1. The highest BCUT2D eigenvalue weighted by atomic mass is 16.5. The van der Waals surface area contributed by atoms with Gasteiger partial charge in [0.05, 0.1) is 31.5 Å². The van der Waals surface area contributed by atoms with Gasteiger partial charge in [-0.15, -0.1) is 0 Å². The molecule has 0 radical (unpaired) electrons. The molecule has 0 spiro atoms. The van der Waals surface area contributed by atoms with Crippen molar-refractivity contribution in [3.05, 3.63) is 126 Å². The average Bonchev–Trinajstić information content (AvgIpc) is 3.69. The zero-order valence-corrected chi connectivity index (χ0v) is 20.9. The largest absolute Gasteiger partial charge is 0.503 e. The highest BCUT2D eigenvalue weighted by Crippen LogP contribution is 2.42. The van der Waals surface area contributed by atoms with Gasteiger partial charge in [-0.1, -0.05) is 42.5 Å². The molecule has 8 nitrogen and oxygen atoms in total. The molecule has 8 heteroatoms. The molecule has 1 aliphatic rings. The molecule has 39 heavy (non-hydrogen) atoms. The number of para-hydroxylation sites is 2. The summed E-state index contributed by atoms with van der Waals surface area (Å²) in [5.41, 5.74) is 0.876. The van der Waals surface area contributed by atoms with Crippen LogP contribution >= 0.6 is 0 Å². The molecule has 6 rings (SSSR count). The van der Waals surface area contributed by atoms with Crippen LogP contribution in [0.3, 0.4) is 0 Å². The first-order chi connectivity index (χ1) is 19.0. The van der Waals surface area contributed by atoms with Crippen molar-refractivity contribution in [1.82, 2.24) is 4.90 Å². The maximum Gasteiger partial charge on any atom is 0.290 e. The van der Waals surface area contributed by atoms with Crippen molar-refractivity contribution < 1.29 is 33.0 Å². The van der Waals surface area contributed by atoms with Gasteiger partial charge in [0, 0.05) is 5.39 Å². The van der Waals surface area contributed by atoms with Crippen molar-refractivity contribution in [3.63, 3.8) is 0 Å². The average molecular weight is 522 g/mol. The highest BCUT2D eigenvalue weighted by Gasteiger charge is 2.45. The number of rotatable bonds is 8. The van der Waals surface area contributed by atoms with Gasteiger partial charge in [-0.2, -0.15) is 0 Å². The van der Waals surface area contributed by atoms with E-state index < -0.39 is 23.5 Å². The molecule has 0 fully saturated rings. The number of fused-ring (bicyclic) bond motifs is 1. The van der Waals surface area contributed by atoms with Gasteiger partial charge in [-0.05, 0) is 54.1 Å². The highest BCUT2D eigenvalue weighted by molar-refractivity contribution is 6.16. The molecule has 5 aromatic rings. The maximum atomic E-state index is 13.9. The molecule has 1 amide bonds. The molecule has 0 saturated heterocycles.